The lowest BCUT2D eigenvalue weighted by atomic mass is 10.0. The molecule has 0 aliphatic carbocycles. The zero-order valence-electron chi connectivity index (χ0n) is 13.3. The monoisotopic (exact) mass is 336 g/mol. The normalized spacial score (nSPS) is 14.8. The number of anilines is 1. The van der Waals surface area contributed by atoms with Gasteiger partial charge < -0.3 is 20.2 Å². The molecule has 2 atom stereocenters. The van der Waals surface area contributed by atoms with E-state index in [0.717, 1.165) is 0 Å². The quantitative estimate of drug-likeness (QED) is 0.781. The van der Waals surface area contributed by atoms with Crippen molar-refractivity contribution >= 4 is 22.5 Å². The molecule has 0 aliphatic heterocycles. The fourth-order valence-electron chi connectivity index (χ4n) is 1.99. The molecule has 2 aromatic rings. The number of nitrogens with one attached hydrogen (secondary N) is 2. The fourth-order valence-corrected chi connectivity index (χ4v) is 2.55. The number of carbonyl (C=O) groups is 1. The molecule has 23 heavy (non-hydrogen) atoms. The molecule has 0 saturated carbocycles. The second-order valence-electron chi connectivity index (χ2n) is 5.47. The van der Waals surface area contributed by atoms with E-state index in [1.165, 1.54) is 0 Å². The van der Waals surface area contributed by atoms with Crippen LogP contribution in [0.4, 0.5) is 10.5 Å². The van der Waals surface area contributed by atoms with Crippen molar-refractivity contribution in [3.63, 3.8) is 0 Å². The number of hydrogen-bond donors (Lipinski definition) is 3. The first-order valence-corrected chi connectivity index (χ1v) is 8.61. The number of rotatable bonds is 5. The zero-order chi connectivity index (χ0) is 17.0. The standard InChI is InChI=1S/C16H20N2O4S/c1-11-7-8-14(22-11)16(2,20)10-17-15(19)18-12-5-4-6-13(9-12)23(3)21/h4-9,20H,10H2,1-3H3,(H2,17,18,19). The maximum Gasteiger partial charge on any atom is 0.319 e. The Labute approximate surface area is 137 Å². The molecule has 0 spiro atoms. The Hall–Kier alpha value is -2.12. The van der Waals surface area contributed by atoms with Crippen LogP contribution in [0.15, 0.2) is 45.7 Å². The Bertz CT molecular complexity index is 724. The first kappa shape index (κ1) is 17.2. The van der Waals surface area contributed by atoms with Crippen LogP contribution in [0.1, 0.15) is 18.4 Å². The van der Waals surface area contributed by atoms with Crippen LogP contribution in [-0.2, 0) is 16.4 Å². The highest BCUT2D eigenvalue weighted by atomic mass is 32.2. The largest absolute Gasteiger partial charge is 0.463 e. The molecule has 2 amide bonds. The Balaban J connectivity index is 1.95. The van der Waals surface area contributed by atoms with E-state index >= 15 is 0 Å². The fraction of sp³-hybridized carbons (Fsp3) is 0.312. The van der Waals surface area contributed by atoms with Crippen molar-refractivity contribution in [1.82, 2.24) is 5.32 Å². The number of furan rings is 1. The van der Waals surface area contributed by atoms with Crippen molar-refractivity contribution in [3.05, 3.63) is 47.9 Å². The van der Waals surface area contributed by atoms with E-state index in [-0.39, 0.29) is 6.54 Å². The Kier molecular flexibility index (Phi) is 5.23. The van der Waals surface area contributed by atoms with Crippen LogP contribution in [0.3, 0.4) is 0 Å². The van der Waals surface area contributed by atoms with Gasteiger partial charge in [0.1, 0.15) is 17.1 Å². The van der Waals surface area contributed by atoms with Crippen LogP contribution in [0.25, 0.3) is 0 Å². The molecule has 1 aromatic carbocycles. The predicted molar refractivity (Wildman–Crippen MR) is 88.8 cm³/mol. The lowest BCUT2D eigenvalue weighted by Crippen LogP contribution is -2.40. The maximum atomic E-state index is 11.9. The molecule has 1 heterocycles. The average Bonchev–Trinajstić information content (AvgIpc) is 2.93. The molecule has 0 radical (unpaired) electrons. The van der Waals surface area contributed by atoms with Crippen LogP contribution in [0.2, 0.25) is 0 Å². The molecule has 124 valence electrons. The minimum absolute atomic E-state index is 0.00874. The maximum absolute atomic E-state index is 11.9. The van der Waals surface area contributed by atoms with Gasteiger partial charge in [-0.05, 0) is 44.2 Å². The van der Waals surface area contributed by atoms with Gasteiger partial charge in [0.15, 0.2) is 0 Å². The topological polar surface area (TPSA) is 91.6 Å². The summed E-state index contributed by atoms with van der Waals surface area (Å²) in [6, 6.07) is 9.74. The third kappa shape index (κ3) is 4.67. The molecule has 2 rings (SSSR count). The predicted octanol–water partition coefficient (Wildman–Crippen LogP) is 2.35. The first-order valence-electron chi connectivity index (χ1n) is 7.05. The lowest BCUT2D eigenvalue weighted by molar-refractivity contribution is 0.0364. The summed E-state index contributed by atoms with van der Waals surface area (Å²) >= 11 is 0. The SMILES string of the molecule is Cc1ccc(C(C)(O)CNC(=O)Nc2cccc(S(C)=O)c2)o1. The molecule has 1 aromatic heterocycles. The van der Waals surface area contributed by atoms with E-state index in [9.17, 15) is 14.1 Å². The molecule has 0 aliphatic rings. The summed E-state index contributed by atoms with van der Waals surface area (Å²) in [7, 11) is -1.12. The summed E-state index contributed by atoms with van der Waals surface area (Å²) in [6.45, 7) is 3.34. The number of amides is 2. The summed E-state index contributed by atoms with van der Waals surface area (Å²) in [4.78, 5) is 12.6. The number of aryl methyl sites for hydroxylation is 1. The van der Waals surface area contributed by atoms with E-state index in [0.29, 0.717) is 22.1 Å². The lowest BCUT2D eigenvalue weighted by Gasteiger charge is -2.21. The molecular formula is C16H20N2O4S. The zero-order valence-corrected chi connectivity index (χ0v) is 14.1. The first-order chi connectivity index (χ1) is 10.8. The summed E-state index contributed by atoms with van der Waals surface area (Å²) in [6.07, 6.45) is 1.57. The summed E-state index contributed by atoms with van der Waals surface area (Å²) in [5.74, 6) is 1.08. The van der Waals surface area contributed by atoms with Crippen LogP contribution < -0.4 is 10.6 Å². The highest BCUT2D eigenvalue weighted by molar-refractivity contribution is 7.84. The van der Waals surface area contributed by atoms with E-state index in [2.05, 4.69) is 10.6 Å². The smallest absolute Gasteiger partial charge is 0.319 e. The molecule has 3 N–H and O–H groups in total. The summed E-state index contributed by atoms with van der Waals surface area (Å²) in [5.41, 5.74) is -0.776. The van der Waals surface area contributed by atoms with Crippen molar-refractivity contribution in [3.8, 4) is 0 Å². The van der Waals surface area contributed by atoms with Gasteiger partial charge in [0.25, 0.3) is 0 Å². The molecular weight excluding hydrogens is 316 g/mol. The van der Waals surface area contributed by atoms with E-state index in [4.69, 9.17) is 4.42 Å². The van der Waals surface area contributed by atoms with Gasteiger partial charge in [0.05, 0.1) is 6.54 Å². The van der Waals surface area contributed by atoms with Gasteiger partial charge in [0, 0.05) is 27.6 Å². The molecule has 0 saturated heterocycles. The second kappa shape index (κ2) is 6.97. The van der Waals surface area contributed by atoms with Crippen LogP contribution in [-0.4, -0.2) is 28.1 Å². The van der Waals surface area contributed by atoms with Gasteiger partial charge in [-0.3, -0.25) is 4.21 Å². The van der Waals surface area contributed by atoms with Crippen molar-refractivity contribution in [2.75, 3.05) is 18.1 Å². The average molecular weight is 336 g/mol. The molecule has 2 unspecified atom stereocenters. The minimum atomic E-state index is -1.31. The molecule has 0 bridgehead atoms. The number of urea groups is 1. The van der Waals surface area contributed by atoms with Crippen LogP contribution in [0.5, 0.6) is 0 Å². The van der Waals surface area contributed by atoms with E-state index in [1.807, 2.05) is 0 Å². The van der Waals surface area contributed by atoms with Crippen molar-refractivity contribution in [2.45, 2.75) is 24.3 Å². The highest BCUT2D eigenvalue weighted by Gasteiger charge is 2.27. The van der Waals surface area contributed by atoms with Gasteiger partial charge in [-0.15, -0.1) is 0 Å². The van der Waals surface area contributed by atoms with Crippen LogP contribution in [0, 0.1) is 6.92 Å². The molecule has 7 heteroatoms. The highest BCUT2D eigenvalue weighted by Crippen LogP contribution is 2.22. The second-order valence-corrected chi connectivity index (χ2v) is 6.85. The molecule has 0 fully saturated rings. The number of benzene rings is 1. The Morgan fingerprint density at radius 1 is 1.35 bits per heavy atom. The van der Waals surface area contributed by atoms with Gasteiger partial charge in [-0.1, -0.05) is 6.07 Å². The Morgan fingerprint density at radius 2 is 2.09 bits per heavy atom. The van der Waals surface area contributed by atoms with Crippen molar-refractivity contribution in [2.24, 2.45) is 0 Å². The number of aliphatic hydroxyl groups is 1. The summed E-state index contributed by atoms with van der Waals surface area (Å²) in [5, 5.41) is 15.6. The van der Waals surface area contributed by atoms with Gasteiger partial charge in [-0.2, -0.15) is 0 Å². The number of carbonyl (C=O) groups excluding carboxylic acids is 1. The minimum Gasteiger partial charge on any atom is -0.463 e. The Morgan fingerprint density at radius 3 is 2.70 bits per heavy atom. The van der Waals surface area contributed by atoms with Crippen LogP contribution >= 0.6 is 0 Å². The third-order valence-corrected chi connectivity index (χ3v) is 4.21. The van der Waals surface area contributed by atoms with E-state index in [1.54, 1.807) is 56.5 Å². The third-order valence-electron chi connectivity index (χ3n) is 3.29. The van der Waals surface area contributed by atoms with Gasteiger partial charge >= 0.3 is 6.03 Å². The van der Waals surface area contributed by atoms with Gasteiger partial charge in [0.2, 0.25) is 0 Å². The number of hydrogen-bond acceptors (Lipinski definition) is 4. The van der Waals surface area contributed by atoms with Crippen molar-refractivity contribution in [1.29, 1.82) is 0 Å². The van der Waals surface area contributed by atoms with E-state index < -0.39 is 22.4 Å². The summed E-state index contributed by atoms with van der Waals surface area (Å²) < 4.78 is 16.8. The van der Waals surface area contributed by atoms with Gasteiger partial charge in [-0.25, -0.2) is 4.79 Å². The molecule has 6 nitrogen and oxygen atoms in total. The van der Waals surface area contributed by atoms with Crippen molar-refractivity contribution < 1.29 is 18.5 Å².